The zero-order valence-corrected chi connectivity index (χ0v) is 16.8. The van der Waals surface area contributed by atoms with Crippen molar-refractivity contribution in [3.63, 3.8) is 0 Å². The van der Waals surface area contributed by atoms with Gasteiger partial charge in [-0.05, 0) is 43.3 Å². The van der Waals surface area contributed by atoms with Gasteiger partial charge in [0.25, 0.3) is 0 Å². The Morgan fingerprint density at radius 2 is 1.79 bits per heavy atom. The molecule has 2 rings (SSSR count). The summed E-state index contributed by atoms with van der Waals surface area (Å²) in [6.45, 7) is 2.31. The monoisotopic (exact) mass is 402 g/mol. The summed E-state index contributed by atoms with van der Waals surface area (Å²) in [5.74, 6) is -0.139. The highest BCUT2D eigenvalue weighted by atomic mass is 35.5. The molecule has 0 aliphatic rings. The molecule has 0 aliphatic carbocycles. The number of amides is 3. The number of urea groups is 1. The summed E-state index contributed by atoms with van der Waals surface area (Å²) in [5, 5.41) is 6.10. The SMILES string of the molecule is CN(CCCNC(=O)CC(NC(N)=O)c1ccc(Cl)cc1)Cc1ccccc1. The molecule has 2 aromatic rings. The second-order valence-corrected chi connectivity index (χ2v) is 7.18. The lowest BCUT2D eigenvalue weighted by molar-refractivity contribution is -0.121. The minimum atomic E-state index is -0.671. The minimum Gasteiger partial charge on any atom is -0.356 e. The van der Waals surface area contributed by atoms with E-state index >= 15 is 0 Å². The third-order valence-corrected chi connectivity index (χ3v) is 4.56. The van der Waals surface area contributed by atoms with Gasteiger partial charge in [-0.1, -0.05) is 54.1 Å². The van der Waals surface area contributed by atoms with Crippen LogP contribution >= 0.6 is 11.6 Å². The molecule has 0 saturated carbocycles. The fourth-order valence-corrected chi connectivity index (χ4v) is 3.05. The lowest BCUT2D eigenvalue weighted by Gasteiger charge is -2.19. The molecule has 0 aromatic heterocycles. The summed E-state index contributed by atoms with van der Waals surface area (Å²) in [7, 11) is 2.06. The summed E-state index contributed by atoms with van der Waals surface area (Å²) in [6.07, 6.45) is 0.953. The van der Waals surface area contributed by atoms with Crippen LogP contribution in [-0.4, -0.2) is 37.0 Å². The first-order chi connectivity index (χ1) is 13.4. The van der Waals surface area contributed by atoms with Crippen LogP contribution in [0.1, 0.15) is 30.0 Å². The highest BCUT2D eigenvalue weighted by Crippen LogP contribution is 2.19. The Hall–Kier alpha value is -2.57. The van der Waals surface area contributed by atoms with Crippen molar-refractivity contribution < 1.29 is 9.59 Å². The van der Waals surface area contributed by atoms with Crippen LogP contribution in [0.3, 0.4) is 0 Å². The Labute approximate surface area is 171 Å². The van der Waals surface area contributed by atoms with Gasteiger partial charge in [-0.2, -0.15) is 0 Å². The van der Waals surface area contributed by atoms with Gasteiger partial charge in [-0.25, -0.2) is 4.79 Å². The van der Waals surface area contributed by atoms with Crippen LogP contribution in [0.15, 0.2) is 54.6 Å². The fourth-order valence-electron chi connectivity index (χ4n) is 2.93. The van der Waals surface area contributed by atoms with Crippen molar-refractivity contribution in [3.05, 3.63) is 70.7 Å². The smallest absolute Gasteiger partial charge is 0.312 e. The van der Waals surface area contributed by atoms with E-state index in [1.165, 1.54) is 5.56 Å². The zero-order chi connectivity index (χ0) is 20.4. The number of carbonyl (C=O) groups is 2. The van der Waals surface area contributed by atoms with E-state index in [0.29, 0.717) is 11.6 Å². The van der Waals surface area contributed by atoms with Crippen LogP contribution in [0, 0.1) is 0 Å². The van der Waals surface area contributed by atoms with Gasteiger partial charge < -0.3 is 21.3 Å². The van der Waals surface area contributed by atoms with Crippen LogP contribution < -0.4 is 16.4 Å². The summed E-state index contributed by atoms with van der Waals surface area (Å²) in [5.41, 5.74) is 7.28. The van der Waals surface area contributed by atoms with Crippen LogP contribution in [0.5, 0.6) is 0 Å². The van der Waals surface area contributed by atoms with Crippen molar-refractivity contribution in [2.75, 3.05) is 20.1 Å². The molecule has 1 atom stereocenters. The Bertz CT molecular complexity index is 753. The average Bonchev–Trinajstić information content (AvgIpc) is 2.66. The summed E-state index contributed by atoms with van der Waals surface area (Å²) >= 11 is 5.89. The van der Waals surface area contributed by atoms with Crippen molar-refractivity contribution >= 4 is 23.5 Å². The van der Waals surface area contributed by atoms with E-state index in [1.807, 2.05) is 18.2 Å². The molecule has 4 N–H and O–H groups in total. The molecule has 150 valence electrons. The van der Waals surface area contributed by atoms with E-state index in [-0.39, 0.29) is 12.3 Å². The van der Waals surface area contributed by atoms with Gasteiger partial charge in [0.1, 0.15) is 0 Å². The normalized spacial score (nSPS) is 11.8. The molecule has 0 fully saturated rings. The summed E-state index contributed by atoms with van der Waals surface area (Å²) in [4.78, 5) is 25.7. The molecule has 28 heavy (non-hydrogen) atoms. The van der Waals surface area contributed by atoms with E-state index < -0.39 is 12.1 Å². The molecule has 0 bridgehead atoms. The molecule has 2 aromatic carbocycles. The zero-order valence-electron chi connectivity index (χ0n) is 16.0. The average molecular weight is 403 g/mol. The Morgan fingerprint density at radius 3 is 2.43 bits per heavy atom. The molecule has 0 radical (unpaired) electrons. The molecule has 0 saturated heterocycles. The predicted molar refractivity (Wildman–Crippen MR) is 112 cm³/mol. The van der Waals surface area contributed by atoms with Crippen LogP contribution in [0.4, 0.5) is 4.79 Å². The number of carbonyl (C=O) groups excluding carboxylic acids is 2. The number of nitrogens with two attached hydrogens (primary N) is 1. The van der Waals surface area contributed by atoms with Crippen molar-refractivity contribution in [3.8, 4) is 0 Å². The standard InChI is InChI=1S/C21H27ClN4O2/c1-26(15-16-6-3-2-4-7-16)13-5-12-24-20(27)14-19(25-21(23)28)17-8-10-18(22)11-9-17/h2-4,6-11,19H,5,12-15H2,1H3,(H,24,27)(H3,23,25,28). The Kier molecular flexibility index (Phi) is 8.78. The van der Waals surface area contributed by atoms with Gasteiger partial charge in [0.05, 0.1) is 12.5 Å². The van der Waals surface area contributed by atoms with Gasteiger partial charge >= 0.3 is 6.03 Å². The number of primary amides is 1. The second-order valence-electron chi connectivity index (χ2n) is 6.74. The molecular formula is C21H27ClN4O2. The van der Waals surface area contributed by atoms with Gasteiger partial charge in [-0.15, -0.1) is 0 Å². The number of hydrogen-bond donors (Lipinski definition) is 3. The quantitative estimate of drug-likeness (QED) is 0.533. The number of halogens is 1. The predicted octanol–water partition coefficient (Wildman–Crippen LogP) is 3.08. The number of nitrogens with one attached hydrogen (secondary N) is 2. The molecule has 3 amide bonds. The number of rotatable bonds is 10. The Morgan fingerprint density at radius 1 is 1.11 bits per heavy atom. The highest BCUT2D eigenvalue weighted by Gasteiger charge is 2.17. The number of hydrogen-bond acceptors (Lipinski definition) is 3. The molecule has 1 unspecified atom stereocenters. The van der Waals surface area contributed by atoms with E-state index in [0.717, 1.165) is 25.1 Å². The molecule has 0 spiro atoms. The third-order valence-electron chi connectivity index (χ3n) is 4.31. The molecular weight excluding hydrogens is 376 g/mol. The van der Waals surface area contributed by atoms with Gasteiger partial charge in [0, 0.05) is 18.1 Å². The summed E-state index contributed by atoms with van der Waals surface area (Å²) in [6, 6.07) is 16.1. The van der Waals surface area contributed by atoms with E-state index in [4.69, 9.17) is 17.3 Å². The first-order valence-corrected chi connectivity index (χ1v) is 9.62. The van der Waals surface area contributed by atoms with Crippen molar-refractivity contribution in [1.29, 1.82) is 0 Å². The van der Waals surface area contributed by atoms with E-state index in [1.54, 1.807) is 24.3 Å². The first-order valence-electron chi connectivity index (χ1n) is 9.24. The van der Waals surface area contributed by atoms with Crippen molar-refractivity contribution in [1.82, 2.24) is 15.5 Å². The van der Waals surface area contributed by atoms with Crippen LogP contribution in [0.2, 0.25) is 5.02 Å². The highest BCUT2D eigenvalue weighted by molar-refractivity contribution is 6.30. The lowest BCUT2D eigenvalue weighted by Crippen LogP contribution is -2.37. The maximum absolute atomic E-state index is 12.3. The fraction of sp³-hybridized carbons (Fsp3) is 0.333. The molecule has 0 aliphatic heterocycles. The third kappa shape index (κ3) is 7.98. The number of benzene rings is 2. The molecule has 7 heteroatoms. The Balaban J connectivity index is 1.74. The maximum Gasteiger partial charge on any atom is 0.312 e. The van der Waals surface area contributed by atoms with E-state index in [2.05, 4.69) is 34.7 Å². The van der Waals surface area contributed by atoms with Crippen LogP contribution in [-0.2, 0) is 11.3 Å². The second kappa shape index (κ2) is 11.3. The van der Waals surface area contributed by atoms with Crippen molar-refractivity contribution in [2.45, 2.75) is 25.4 Å². The maximum atomic E-state index is 12.3. The van der Waals surface area contributed by atoms with E-state index in [9.17, 15) is 9.59 Å². The summed E-state index contributed by atoms with van der Waals surface area (Å²) < 4.78 is 0. The molecule has 6 nitrogen and oxygen atoms in total. The first kappa shape index (κ1) is 21.7. The van der Waals surface area contributed by atoms with Crippen LogP contribution in [0.25, 0.3) is 0 Å². The van der Waals surface area contributed by atoms with Gasteiger partial charge in [-0.3, -0.25) is 4.79 Å². The molecule has 0 heterocycles. The minimum absolute atomic E-state index is 0.116. The number of nitrogens with zero attached hydrogens (tertiary/aromatic N) is 1. The largest absolute Gasteiger partial charge is 0.356 e. The van der Waals surface area contributed by atoms with Crippen molar-refractivity contribution in [2.24, 2.45) is 5.73 Å². The lowest BCUT2D eigenvalue weighted by atomic mass is 10.0. The topological polar surface area (TPSA) is 87.5 Å². The van der Waals surface area contributed by atoms with Gasteiger partial charge in [0.15, 0.2) is 0 Å². The van der Waals surface area contributed by atoms with Gasteiger partial charge in [0.2, 0.25) is 5.91 Å².